The Kier molecular flexibility index (Phi) is 2.59. The fourth-order valence-electron chi connectivity index (χ4n) is 0.510. The highest BCUT2D eigenvalue weighted by Crippen LogP contribution is 2.50. The molecule has 0 aliphatic heterocycles. The Balaban J connectivity index is 4.75. The summed E-state index contributed by atoms with van der Waals surface area (Å²) in [6, 6.07) is 0. The van der Waals surface area contributed by atoms with Gasteiger partial charge in [-0.15, -0.1) is 0 Å². The van der Waals surface area contributed by atoms with Crippen LogP contribution in [0, 0.1) is 0 Å². The largest absolute Gasteiger partial charge is 0.366 e. The van der Waals surface area contributed by atoms with Gasteiger partial charge in [0.25, 0.3) is 0 Å². The zero-order chi connectivity index (χ0) is 9.50. The van der Waals surface area contributed by atoms with Crippen LogP contribution < -0.4 is 0 Å². The smallest absolute Gasteiger partial charge is 0.156 e. The van der Waals surface area contributed by atoms with Crippen molar-refractivity contribution in [3.05, 3.63) is 0 Å². The Hall–Kier alpha value is 0.115. The lowest BCUT2D eigenvalue weighted by Gasteiger charge is -2.47. The van der Waals surface area contributed by atoms with Crippen LogP contribution in [0.2, 0.25) is 10.5 Å². The molecule has 0 saturated carbocycles. The molecule has 6 radical (unpaired) electrons. The zero-order valence-electron chi connectivity index (χ0n) is 7.13. The normalized spacial score (nSPS) is 19.4. The zero-order valence-corrected chi connectivity index (χ0v) is 7.13. The Morgan fingerprint density at radius 1 is 0.909 bits per heavy atom. The van der Waals surface area contributed by atoms with E-state index in [0.29, 0.717) is 0 Å². The van der Waals surface area contributed by atoms with Crippen LogP contribution in [-0.2, 0) is 0 Å². The third kappa shape index (κ3) is 2.03. The number of rotatable bonds is 2. The molecule has 11 heavy (non-hydrogen) atoms. The molecule has 0 rings (SSSR count). The van der Waals surface area contributed by atoms with Gasteiger partial charge in [-0.1, -0.05) is 19.1 Å². The lowest BCUT2D eigenvalue weighted by Crippen LogP contribution is -2.46. The van der Waals surface area contributed by atoms with Gasteiger partial charge in [-0.05, 0) is 12.2 Å². The minimum atomic E-state index is -2.09. The van der Waals surface area contributed by atoms with Crippen LogP contribution in [0.5, 0.6) is 0 Å². The molecule has 2 N–H and O–H groups in total. The molecule has 1 unspecified atom stereocenters. The quantitative estimate of drug-likeness (QED) is 0.409. The molecule has 0 aromatic carbocycles. The molecule has 0 fully saturated rings. The summed E-state index contributed by atoms with van der Waals surface area (Å²) in [5.41, 5.74) is 0. The molecule has 0 spiro atoms. The van der Waals surface area contributed by atoms with Crippen molar-refractivity contribution in [1.29, 1.82) is 0 Å². The van der Waals surface area contributed by atoms with Crippen molar-refractivity contribution in [2.75, 3.05) is 0 Å². The number of hydrogen-bond donors (Lipinski definition) is 2. The summed E-state index contributed by atoms with van der Waals surface area (Å²) in [7, 11) is 16.4. The monoisotopic (exact) mass is 148 g/mol. The standard InChI is InChI=1S/C6H11B3O2/c1-4(7,5(2,8)9)6(3,10)11/h10-11H,1-3H3. The van der Waals surface area contributed by atoms with E-state index >= 15 is 0 Å². The van der Waals surface area contributed by atoms with Crippen molar-refractivity contribution in [3.63, 3.8) is 0 Å². The van der Waals surface area contributed by atoms with E-state index in [1.54, 1.807) is 0 Å². The molecule has 0 heterocycles. The average molecular weight is 148 g/mol. The predicted molar refractivity (Wildman–Crippen MR) is 46.8 cm³/mol. The van der Waals surface area contributed by atoms with E-state index in [0.717, 1.165) is 6.92 Å². The van der Waals surface area contributed by atoms with Gasteiger partial charge < -0.3 is 10.2 Å². The van der Waals surface area contributed by atoms with Gasteiger partial charge >= 0.3 is 0 Å². The molecule has 5 heteroatoms. The van der Waals surface area contributed by atoms with E-state index in [9.17, 15) is 0 Å². The predicted octanol–water partition coefficient (Wildman–Crippen LogP) is -0.493. The van der Waals surface area contributed by atoms with Crippen molar-refractivity contribution >= 4 is 23.5 Å². The van der Waals surface area contributed by atoms with Crippen LogP contribution in [-0.4, -0.2) is 39.5 Å². The molecule has 2 nitrogen and oxygen atoms in total. The highest BCUT2D eigenvalue weighted by molar-refractivity contribution is 6.44. The maximum Gasteiger partial charge on any atom is 0.156 e. The third-order valence-electron chi connectivity index (χ3n) is 2.10. The van der Waals surface area contributed by atoms with E-state index in [4.69, 9.17) is 33.8 Å². The van der Waals surface area contributed by atoms with E-state index in [1.165, 1.54) is 13.8 Å². The molecule has 0 aromatic rings. The van der Waals surface area contributed by atoms with Crippen LogP contribution in [0.1, 0.15) is 20.8 Å². The summed E-state index contributed by atoms with van der Waals surface area (Å²) >= 11 is 0. The molecule has 0 aliphatic carbocycles. The van der Waals surface area contributed by atoms with Gasteiger partial charge in [0.2, 0.25) is 0 Å². The van der Waals surface area contributed by atoms with Crippen molar-refractivity contribution in [3.8, 4) is 0 Å². The Bertz CT molecular complexity index is 127. The first-order chi connectivity index (χ1) is 4.50. The van der Waals surface area contributed by atoms with Gasteiger partial charge in [-0.25, -0.2) is 0 Å². The second kappa shape index (κ2) is 2.56. The van der Waals surface area contributed by atoms with Crippen LogP contribution in [0.4, 0.5) is 0 Å². The minimum Gasteiger partial charge on any atom is -0.366 e. The summed E-state index contributed by atoms with van der Waals surface area (Å²) < 4.78 is 0. The van der Waals surface area contributed by atoms with Crippen LogP contribution in [0.3, 0.4) is 0 Å². The lowest BCUT2D eigenvalue weighted by molar-refractivity contribution is -0.175. The number of aliphatic hydroxyl groups is 2. The fraction of sp³-hybridized carbons (Fsp3) is 1.00. The van der Waals surface area contributed by atoms with Gasteiger partial charge in [0.05, 0.1) is 23.5 Å². The second-order valence-electron chi connectivity index (χ2n) is 3.51. The summed E-state index contributed by atoms with van der Waals surface area (Å²) in [4.78, 5) is 0. The first kappa shape index (κ1) is 11.1. The van der Waals surface area contributed by atoms with E-state index in [1.807, 2.05) is 0 Å². The van der Waals surface area contributed by atoms with Crippen molar-refractivity contribution in [1.82, 2.24) is 0 Å². The van der Waals surface area contributed by atoms with Crippen molar-refractivity contribution in [2.45, 2.75) is 37.1 Å². The third-order valence-corrected chi connectivity index (χ3v) is 2.10. The Morgan fingerprint density at radius 3 is 1.18 bits per heavy atom. The van der Waals surface area contributed by atoms with Gasteiger partial charge in [-0.2, -0.15) is 0 Å². The fourth-order valence-corrected chi connectivity index (χ4v) is 0.510. The molecular formula is C6H11B3O2. The van der Waals surface area contributed by atoms with Gasteiger partial charge in [0, 0.05) is 0 Å². The molecule has 0 saturated heterocycles. The van der Waals surface area contributed by atoms with Gasteiger partial charge in [0.1, 0.15) is 0 Å². The number of hydrogen-bond acceptors (Lipinski definition) is 2. The summed E-state index contributed by atoms with van der Waals surface area (Å²) in [6.45, 7) is 3.95. The highest BCUT2D eigenvalue weighted by atomic mass is 16.5. The Morgan fingerprint density at radius 2 is 1.18 bits per heavy atom. The van der Waals surface area contributed by atoms with Crippen molar-refractivity contribution < 1.29 is 10.2 Å². The van der Waals surface area contributed by atoms with Crippen LogP contribution in [0.15, 0.2) is 0 Å². The first-order valence-electron chi connectivity index (χ1n) is 3.31. The molecule has 0 bridgehead atoms. The van der Waals surface area contributed by atoms with Crippen LogP contribution >= 0.6 is 0 Å². The maximum atomic E-state index is 9.15. The maximum absolute atomic E-state index is 9.15. The molecular weight excluding hydrogens is 136 g/mol. The molecule has 0 amide bonds. The molecule has 56 valence electrons. The molecule has 1 atom stereocenters. The van der Waals surface area contributed by atoms with E-state index < -0.39 is 16.3 Å². The van der Waals surface area contributed by atoms with Gasteiger partial charge in [0.15, 0.2) is 5.79 Å². The molecule has 0 aliphatic rings. The van der Waals surface area contributed by atoms with Crippen LogP contribution in [0.25, 0.3) is 0 Å². The topological polar surface area (TPSA) is 40.5 Å². The average Bonchev–Trinajstić information content (AvgIpc) is 1.58. The first-order valence-corrected chi connectivity index (χ1v) is 3.31. The summed E-state index contributed by atoms with van der Waals surface area (Å²) in [5, 5.41) is 15.5. The Labute approximate surface area is 71.6 Å². The summed E-state index contributed by atoms with van der Waals surface area (Å²) in [6.07, 6.45) is 0. The van der Waals surface area contributed by atoms with E-state index in [2.05, 4.69) is 0 Å². The van der Waals surface area contributed by atoms with Gasteiger partial charge in [-0.3, -0.25) is 0 Å². The highest BCUT2D eigenvalue weighted by Gasteiger charge is 2.44. The SMILES string of the molecule is [B]C([B])(C)C([B])(C)C(C)(O)O. The lowest BCUT2D eigenvalue weighted by atomic mass is 9.35. The minimum absolute atomic E-state index is 1.14. The second-order valence-corrected chi connectivity index (χ2v) is 3.51. The van der Waals surface area contributed by atoms with Crippen molar-refractivity contribution in [2.24, 2.45) is 0 Å². The molecule has 0 aromatic heterocycles. The summed E-state index contributed by atoms with van der Waals surface area (Å²) in [5.74, 6) is -2.09. The van der Waals surface area contributed by atoms with E-state index in [-0.39, 0.29) is 0 Å².